The summed E-state index contributed by atoms with van der Waals surface area (Å²) in [5.74, 6) is 0. The maximum absolute atomic E-state index is 8.11. The van der Waals surface area contributed by atoms with Gasteiger partial charge in [-0.3, -0.25) is 5.26 Å². The lowest BCUT2D eigenvalue weighted by molar-refractivity contribution is -0.266. The molecule has 2 nitrogen and oxygen atoms in total. The molecule has 2 heteroatoms. The van der Waals surface area contributed by atoms with E-state index in [2.05, 4.69) is 4.89 Å². The van der Waals surface area contributed by atoms with E-state index in [0.717, 1.165) is 6.42 Å². The van der Waals surface area contributed by atoms with Gasteiger partial charge in [0.15, 0.2) is 0 Å². The molecular formula is C6H12O2. The first-order chi connectivity index (χ1) is 3.85. The van der Waals surface area contributed by atoms with E-state index < -0.39 is 0 Å². The van der Waals surface area contributed by atoms with Gasteiger partial charge < -0.3 is 0 Å². The molecule has 0 rings (SSSR count). The van der Waals surface area contributed by atoms with Crippen LogP contribution in [-0.2, 0) is 4.89 Å². The summed E-state index contributed by atoms with van der Waals surface area (Å²) in [5, 5.41) is 8.11. The van der Waals surface area contributed by atoms with Crippen LogP contribution in [0.4, 0.5) is 0 Å². The Bertz CT molecular complexity index is 64.9. The van der Waals surface area contributed by atoms with Gasteiger partial charge in [-0.1, -0.05) is 19.1 Å². The normalized spacial score (nSPS) is 14.9. The summed E-state index contributed by atoms with van der Waals surface area (Å²) < 4.78 is 0. The largest absolute Gasteiger partial charge is 0.251 e. The van der Waals surface area contributed by atoms with Crippen LogP contribution in [0.5, 0.6) is 0 Å². The van der Waals surface area contributed by atoms with Gasteiger partial charge in [-0.15, -0.1) is 0 Å². The molecular weight excluding hydrogens is 104 g/mol. The number of hydrogen-bond donors (Lipinski definition) is 1. The lowest BCUT2D eigenvalue weighted by Gasteiger charge is -2.01. The molecule has 0 bridgehead atoms. The third-order valence-corrected chi connectivity index (χ3v) is 0.945. The van der Waals surface area contributed by atoms with Crippen LogP contribution >= 0.6 is 0 Å². The number of hydrogen-bond acceptors (Lipinski definition) is 2. The molecule has 0 heterocycles. The van der Waals surface area contributed by atoms with Gasteiger partial charge in [0.1, 0.15) is 6.10 Å². The summed E-state index contributed by atoms with van der Waals surface area (Å²) in [4.78, 5) is 4.05. The number of rotatable bonds is 3. The fraction of sp³-hybridized carbons (Fsp3) is 0.667. The molecule has 0 aliphatic rings. The third kappa shape index (κ3) is 2.77. The van der Waals surface area contributed by atoms with Crippen molar-refractivity contribution in [1.82, 2.24) is 0 Å². The van der Waals surface area contributed by atoms with Crippen molar-refractivity contribution in [3.63, 3.8) is 0 Å². The van der Waals surface area contributed by atoms with Crippen LogP contribution in [0, 0.1) is 0 Å². The van der Waals surface area contributed by atoms with Gasteiger partial charge in [0.05, 0.1) is 0 Å². The minimum absolute atomic E-state index is 0.125. The fourth-order valence-electron chi connectivity index (χ4n) is 0.460. The van der Waals surface area contributed by atoms with Crippen LogP contribution in [0.25, 0.3) is 0 Å². The molecule has 1 N–H and O–H groups in total. The van der Waals surface area contributed by atoms with Gasteiger partial charge in [-0.25, -0.2) is 4.89 Å². The molecule has 0 aliphatic carbocycles. The topological polar surface area (TPSA) is 29.5 Å². The Hall–Kier alpha value is -0.340. The summed E-state index contributed by atoms with van der Waals surface area (Å²) >= 11 is 0. The minimum Gasteiger partial charge on any atom is -0.251 e. The standard InChI is InChI=1S/C6H12O2/c1-3-5-6(4-2)8-7/h3,5-7H,4H2,1-2H3. The van der Waals surface area contributed by atoms with Crippen molar-refractivity contribution in [2.45, 2.75) is 26.4 Å². The van der Waals surface area contributed by atoms with Crippen molar-refractivity contribution in [2.24, 2.45) is 0 Å². The summed E-state index contributed by atoms with van der Waals surface area (Å²) in [6.45, 7) is 3.84. The first kappa shape index (κ1) is 7.66. The van der Waals surface area contributed by atoms with Crippen LogP contribution in [-0.4, -0.2) is 11.4 Å². The molecule has 0 saturated heterocycles. The number of allylic oxidation sites excluding steroid dienone is 1. The second-order valence-corrected chi connectivity index (χ2v) is 1.58. The van der Waals surface area contributed by atoms with E-state index in [9.17, 15) is 0 Å². The van der Waals surface area contributed by atoms with Crippen molar-refractivity contribution in [3.05, 3.63) is 12.2 Å². The molecule has 48 valence electrons. The Morgan fingerprint density at radius 1 is 1.75 bits per heavy atom. The highest BCUT2D eigenvalue weighted by molar-refractivity contribution is 4.84. The molecule has 0 amide bonds. The van der Waals surface area contributed by atoms with E-state index in [1.54, 1.807) is 6.08 Å². The molecule has 1 atom stereocenters. The van der Waals surface area contributed by atoms with Gasteiger partial charge in [0.2, 0.25) is 0 Å². The predicted octanol–water partition coefficient (Wildman–Crippen LogP) is 1.83. The van der Waals surface area contributed by atoms with E-state index >= 15 is 0 Å². The molecule has 0 radical (unpaired) electrons. The predicted molar refractivity (Wildman–Crippen MR) is 32.6 cm³/mol. The molecule has 0 spiro atoms. The van der Waals surface area contributed by atoms with Gasteiger partial charge >= 0.3 is 0 Å². The van der Waals surface area contributed by atoms with Crippen LogP contribution in [0.1, 0.15) is 20.3 Å². The molecule has 0 aromatic heterocycles. The molecule has 0 aromatic carbocycles. The second-order valence-electron chi connectivity index (χ2n) is 1.58. The van der Waals surface area contributed by atoms with Crippen LogP contribution in [0.3, 0.4) is 0 Å². The van der Waals surface area contributed by atoms with E-state index in [0.29, 0.717) is 0 Å². The Kier molecular flexibility index (Phi) is 4.61. The monoisotopic (exact) mass is 116 g/mol. The minimum atomic E-state index is -0.125. The van der Waals surface area contributed by atoms with Gasteiger partial charge in [-0.2, -0.15) is 0 Å². The third-order valence-electron chi connectivity index (χ3n) is 0.945. The van der Waals surface area contributed by atoms with E-state index in [1.807, 2.05) is 19.9 Å². The highest BCUT2D eigenvalue weighted by Gasteiger charge is 1.96. The zero-order valence-corrected chi connectivity index (χ0v) is 5.29. The van der Waals surface area contributed by atoms with Crippen LogP contribution < -0.4 is 0 Å². The van der Waals surface area contributed by atoms with Crippen molar-refractivity contribution in [2.75, 3.05) is 0 Å². The fourth-order valence-corrected chi connectivity index (χ4v) is 0.460. The summed E-state index contributed by atoms with van der Waals surface area (Å²) in [6, 6.07) is 0. The molecule has 8 heavy (non-hydrogen) atoms. The maximum atomic E-state index is 8.11. The maximum Gasteiger partial charge on any atom is 0.111 e. The molecule has 1 unspecified atom stereocenters. The zero-order valence-electron chi connectivity index (χ0n) is 5.29. The quantitative estimate of drug-likeness (QED) is 0.346. The summed E-state index contributed by atoms with van der Waals surface area (Å²) in [5.41, 5.74) is 0. The summed E-state index contributed by atoms with van der Waals surface area (Å²) in [6.07, 6.45) is 4.34. The SMILES string of the molecule is CC=CC(CC)OO. The Morgan fingerprint density at radius 3 is 2.50 bits per heavy atom. The van der Waals surface area contributed by atoms with Gasteiger partial charge in [0, 0.05) is 0 Å². The molecule has 0 aromatic rings. The van der Waals surface area contributed by atoms with Crippen LogP contribution in [0.15, 0.2) is 12.2 Å². The average Bonchev–Trinajstić information content (AvgIpc) is 1.83. The van der Waals surface area contributed by atoms with Crippen molar-refractivity contribution < 1.29 is 10.1 Å². The van der Waals surface area contributed by atoms with E-state index in [1.165, 1.54) is 0 Å². The average molecular weight is 116 g/mol. The van der Waals surface area contributed by atoms with Gasteiger partial charge in [-0.05, 0) is 13.3 Å². The smallest absolute Gasteiger partial charge is 0.111 e. The van der Waals surface area contributed by atoms with E-state index in [4.69, 9.17) is 5.26 Å². The van der Waals surface area contributed by atoms with Crippen LogP contribution in [0.2, 0.25) is 0 Å². The summed E-state index contributed by atoms with van der Waals surface area (Å²) in [7, 11) is 0. The van der Waals surface area contributed by atoms with Crippen molar-refractivity contribution in [1.29, 1.82) is 0 Å². The molecule has 0 aliphatic heterocycles. The Balaban J connectivity index is 3.36. The first-order valence-electron chi connectivity index (χ1n) is 2.78. The Morgan fingerprint density at radius 2 is 2.38 bits per heavy atom. The lowest BCUT2D eigenvalue weighted by Crippen LogP contribution is -2.03. The second kappa shape index (κ2) is 4.81. The molecule has 0 fully saturated rings. The molecule has 0 saturated carbocycles. The first-order valence-corrected chi connectivity index (χ1v) is 2.78. The van der Waals surface area contributed by atoms with Gasteiger partial charge in [0.25, 0.3) is 0 Å². The highest BCUT2D eigenvalue weighted by Crippen LogP contribution is 1.95. The lowest BCUT2D eigenvalue weighted by atomic mass is 10.3. The van der Waals surface area contributed by atoms with E-state index in [-0.39, 0.29) is 6.10 Å². The highest BCUT2D eigenvalue weighted by atomic mass is 17.1. The van der Waals surface area contributed by atoms with Crippen molar-refractivity contribution in [3.8, 4) is 0 Å². The van der Waals surface area contributed by atoms with Crippen molar-refractivity contribution >= 4 is 0 Å². The Labute approximate surface area is 49.7 Å². The zero-order chi connectivity index (χ0) is 6.41.